The Morgan fingerprint density at radius 3 is 2.75 bits per heavy atom. The van der Waals surface area contributed by atoms with Gasteiger partial charge in [0.25, 0.3) is 0 Å². The fourth-order valence-electron chi connectivity index (χ4n) is 4.66. The molecule has 11 heteroatoms. The van der Waals surface area contributed by atoms with Crippen LogP contribution in [-0.2, 0) is 16.9 Å². The van der Waals surface area contributed by atoms with Crippen LogP contribution >= 0.6 is 22.9 Å². The van der Waals surface area contributed by atoms with Gasteiger partial charge in [0.15, 0.2) is 5.82 Å². The topological polar surface area (TPSA) is 133 Å². The number of thiophene rings is 1. The van der Waals surface area contributed by atoms with Gasteiger partial charge in [-0.05, 0) is 43.4 Å². The number of halogens is 1. The zero-order valence-corrected chi connectivity index (χ0v) is 21.3. The Labute approximate surface area is 218 Å². The Balaban J connectivity index is 1.27. The number of carbonyl (C=O) groups is 1. The molecule has 36 heavy (non-hydrogen) atoms. The summed E-state index contributed by atoms with van der Waals surface area (Å²) in [5.74, 6) is 0.175. The number of nitrogens with one attached hydrogen (secondary N) is 1. The van der Waals surface area contributed by atoms with Crippen LogP contribution in [0.3, 0.4) is 0 Å². The minimum absolute atomic E-state index is 0.000763. The first-order valence-electron chi connectivity index (χ1n) is 12.0. The van der Waals surface area contributed by atoms with Crippen LogP contribution in [0, 0.1) is 17.2 Å². The van der Waals surface area contributed by atoms with Crippen molar-refractivity contribution in [1.82, 2.24) is 19.7 Å². The van der Waals surface area contributed by atoms with Crippen LogP contribution in [-0.4, -0.2) is 43.8 Å². The highest BCUT2D eigenvalue weighted by Crippen LogP contribution is 2.37. The predicted molar refractivity (Wildman–Crippen MR) is 138 cm³/mol. The molecule has 0 radical (unpaired) electrons. The second-order valence-electron chi connectivity index (χ2n) is 9.61. The summed E-state index contributed by atoms with van der Waals surface area (Å²) < 4.78 is 2.48. The van der Waals surface area contributed by atoms with Gasteiger partial charge in [-0.1, -0.05) is 17.7 Å². The van der Waals surface area contributed by atoms with Gasteiger partial charge in [0.05, 0.1) is 33.6 Å². The molecule has 1 aliphatic heterocycles. The summed E-state index contributed by atoms with van der Waals surface area (Å²) in [6.07, 6.45) is 5.72. The minimum atomic E-state index is -1.27. The molecule has 0 aromatic carbocycles. The van der Waals surface area contributed by atoms with Crippen LogP contribution in [0.4, 0.5) is 5.82 Å². The fraction of sp³-hybridized carbons (Fsp3) is 0.440. The number of nitrogens with two attached hydrogens (primary N) is 1. The molecule has 1 atom stereocenters. The molecule has 188 valence electrons. The number of pyridine rings is 1. The summed E-state index contributed by atoms with van der Waals surface area (Å²) in [4.78, 5) is 19.2. The molecule has 1 aliphatic carbocycles. The first kappa shape index (κ1) is 24.9. The lowest BCUT2D eigenvalue weighted by Crippen LogP contribution is -2.46. The van der Waals surface area contributed by atoms with E-state index in [1.165, 1.54) is 11.3 Å². The van der Waals surface area contributed by atoms with E-state index in [9.17, 15) is 15.2 Å². The van der Waals surface area contributed by atoms with Crippen LogP contribution < -0.4 is 11.1 Å². The number of aromatic nitrogens is 3. The second-order valence-corrected chi connectivity index (χ2v) is 11.2. The average Bonchev–Trinajstić information content (AvgIpc) is 3.50. The maximum absolute atomic E-state index is 12.3. The van der Waals surface area contributed by atoms with E-state index in [2.05, 4.69) is 32.4 Å². The Kier molecular flexibility index (Phi) is 7.10. The maximum Gasteiger partial charge on any atom is 0.228 e. The molecule has 0 bridgehead atoms. The quantitative estimate of drug-likeness (QED) is 0.380. The van der Waals surface area contributed by atoms with Gasteiger partial charge in [-0.2, -0.15) is 10.4 Å². The van der Waals surface area contributed by atoms with E-state index in [0.717, 1.165) is 53.6 Å². The number of amides is 1. The molecule has 4 N–H and O–H groups in total. The molecule has 1 saturated carbocycles. The minimum Gasteiger partial charge on any atom is -0.374 e. The van der Waals surface area contributed by atoms with Gasteiger partial charge < -0.3 is 16.2 Å². The number of carbonyl (C=O) groups excluding carboxylic acids is 1. The lowest BCUT2D eigenvalue weighted by atomic mass is 9.84. The third-order valence-corrected chi connectivity index (χ3v) is 8.12. The van der Waals surface area contributed by atoms with E-state index in [1.54, 1.807) is 10.9 Å². The van der Waals surface area contributed by atoms with E-state index in [1.807, 2.05) is 23.7 Å². The monoisotopic (exact) mass is 525 g/mol. The molecule has 2 fully saturated rings. The Morgan fingerprint density at radius 1 is 1.39 bits per heavy atom. The van der Waals surface area contributed by atoms with Crippen molar-refractivity contribution >= 4 is 34.7 Å². The number of rotatable bonds is 8. The molecule has 4 heterocycles. The Hall–Kier alpha value is -2.81. The second kappa shape index (κ2) is 10.3. The molecule has 1 amide bonds. The van der Waals surface area contributed by atoms with Crippen molar-refractivity contribution in [2.24, 2.45) is 11.7 Å². The van der Waals surface area contributed by atoms with Crippen LogP contribution in [0.5, 0.6) is 0 Å². The normalized spacial score (nSPS) is 18.5. The molecule has 1 saturated heterocycles. The number of piperidine rings is 1. The molecule has 3 aromatic rings. The van der Waals surface area contributed by atoms with Crippen molar-refractivity contribution in [3.63, 3.8) is 0 Å². The van der Waals surface area contributed by atoms with Crippen LogP contribution in [0.25, 0.3) is 11.3 Å². The summed E-state index contributed by atoms with van der Waals surface area (Å²) in [6, 6.07) is 8.33. The molecular weight excluding hydrogens is 498 g/mol. The predicted octanol–water partition coefficient (Wildman–Crippen LogP) is 3.86. The Morgan fingerprint density at radius 2 is 2.17 bits per heavy atom. The van der Waals surface area contributed by atoms with Crippen LogP contribution in [0.1, 0.15) is 49.5 Å². The molecular formula is C25H28ClN7O2S. The summed E-state index contributed by atoms with van der Waals surface area (Å²) in [7, 11) is 0. The summed E-state index contributed by atoms with van der Waals surface area (Å²) in [5, 5.41) is 29.1. The number of likely N-dealkylation sites (tertiary alicyclic amines) is 1. The number of nitriles is 1. The van der Waals surface area contributed by atoms with E-state index in [-0.39, 0.29) is 24.1 Å². The van der Waals surface area contributed by atoms with Gasteiger partial charge in [-0.15, -0.1) is 11.3 Å². The maximum atomic E-state index is 12.3. The van der Waals surface area contributed by atoms with Gasteiger partial charge in [0.1, 0.15) is 6.23 Å². The molecule has 3 aromatic heterocycles. The molecule has 9 nitrogen and oxygen atoms in total. The van der Waals surface area contributed by atoms with Crippen molar-refractivity contribution in [2.75, 3.05) is 18.4 Å². The van der Waals surface area contributed by atoms with E-state index >= 15 is 0 Å². The van der Waals surface area contributed by atoms with Gasteiger partial charge >= 0.3 is 0 Å². The fourth-order valence-corrected chi connectivity index (χ4v) is 5.54. The van der Waals surface area contributed by atoms with Crippen molar-refractivity contribution in [3.05, 3.63) is 51.4 Å². The van der Waals surface area contributed by atoms with E-state index in [0.29, 0.717) is 18.4 Å². The van der Waals surface area contributed by atoms with Crippen LogP contribution in [0.2, 0.25) is 4.34 Å². The highest BCUT2D eigenvalue weighted by molar-refractivity contribution is 7.14. The number of anilines is 1. The largest absolute Gasteiger partial charge is 0.374 e. The Bertz CT molecular complexity index is 1270. The van der Waals surface area contributed by atoms with Crippen molar-refractivity contribution in [3.8, 4) is 17.3 Å². The molecule has 2 aliphatic rings. The number of nitrogens with zero attached hydrogens (tertiary/aromatic N) is 5. The summed E-state index contributed by atoms with van der Waals surface area (Å²) >= 11 is 7.53. The SMILES string of the molecule is N#CCC1(n2cc(C(N)O)c(NC(=O)C3CC3)n2)CCN(Cc2ccc(-c3csc(Cl)c3)nc2)CC1. The van der Waals surface area contributed by atoms with Crippen LogP contribution in [0.15, 0.2) is 36.0 Å². The van der Waals surface area contributed by atoms with Gasteiger partial charge in [-0.3, -0.25) is 19.4 Å². The van der Waals surface area contributed by atoms with Gasteiger partial charge in [0, 0.05) is 48.9 Å². The summed E-state index contributed by atoms with van der Waals surface area (Å²) in [6.45, 7) is 2.30. The third kappa shape index (κ3) is 5.31. The highest BCUT2D eigenvalue weighted by Gasteiger charge is 2.39. The number of hydrogen-bond acceptors (Lipinski definition) is 8. The smallest absolute Gasteiger partial charge is 0.228 e. The zero-order valence-electron chi connectivity index (χ0n) is 19.7. The first-order valence-corrected chi connectivity index (χ1v) is 13.3. The third-order valence-electron chi connectivity index (χ3n) is 7.03. The average molecular weight is 526 g/mol. The molecule has 1 unspecified atom stereocenters. The van der Waals surface area contributed by atoms with Gasteiger partial charge in [0.2, 0.25) is 5.91 Å². The molecule has 5 rings (SSSR count). The number of aliphatic hydroxyl groups excluding tert-OH is 1. The zero-order chi connectivity index (χ0) is 25.3. The van der Waals surface area contributed by atoms with E-state index < -0.39 is 11.8 Å². The highest BCUT2D eigenvalue weighted by atomic mass is 35.5. The first-order chi connectivity index (χ1) is 17.4. The van der Waals surface area contributed by atoms with Crippen molar-refractivity contribution < 1.29 is 9.90 Å². The number of aliphatic hydroxyl groups is 1. The summed E-state index contributed by atoms with van der Waals surface area (Å²) in [5.41, 5.74) is 8.63. The standard InChI is InChI=1S/C25H28ClN7O2S/c26-21-11-18(15-36-21)20-4-1-16(12-29-20)13-32-9-6-25(5-8-27,7-10-32)33-14-19(22(28)34)23(31-33)30-24(35)17-2-3-17/h1,4,11-12,14-15,17,22,34H,2-3,5-7,9-10,13,28H2,(H,30,31,35). The lowest BCUT2D eigenvalue weighted by molar-refractivity contribution is -0.117. The van der Waals surface area contributed by atoms with Gasteiger partial charge in [-0.25, -0.2) is 0 Å². The molecule has 0 spiro atoms. The van der Waals surface area contributed by atoms with Crippen molar-refractivity contribution in [1.29, 1.82) is 5.26 Å². The van der Waals surface area contributed by atoms with E-state index in [4.69, 9.17) is 17.3 Å². The lowest BCUT2D eigenvalue weighted by Gasteiger charge is -2.40. The number of hydrogen-bond donors (Lipinski definition) is 3. The van der Waals surface area contributed by atoms with Crippen molar-refractivity contribution in [2.45, 2.75) is 50.4 Å².